The SMILES string of the molecule is Cc1ccc(Sc2c(C#N)cc(O)c(O)c2C#N)cc1. The average molecular weight is 282 g/mol. The van der Waals surface area contributed by atoms with Gasteiger partial charge >= 0.3 is 0 Å². The molecule has 0 amide bonds. The van der Waals surface area contributed by atoms with E-state index in [0.29, 0.717) is 4.90 Å². The summed E-state index contributed by atoms with van der Waals surface area (Å²) in [5.41, 5.74) is 1.17. The zero-order valence-electron chi connectivity index (χ0n) is 10.6. The number of nitriles is 2. The van der Waals surface area contributed by atoms with E-state index in [-0.39, 0.29) is 11.1 Å². The summed E-state index contributed by atoms with van der Waals surface area (Å²) in [6.45, 7) is 1.96. The predicted octanol–water partition coefficient (Wildman–Crippen LogP) is 3.30. The number of nitrogens with zero attached hydrogens (tertiary/aromatic N) is 2. The molecular weight excluding hydrogens is 272 g/mol. The van der Waals surface area contributed by atoms with E-state index in [1.165, 1.54) is 11.8 Å². The maximum atomic E-state index is 9.73. The molecule has 0 unspecified atom stereocenters. The first-order valence-electron chi connectivity index (χ1n) is 5.70. The van der Waals surface area contributed by atoms with Crippen LogP contribution in [0.25, 0.3) is 0 Å². The highest BCUT2D eigenvalue weighted by Gasteiger charge is 2.18. The minimum absolute atomic E-state index is 0.0906. The molecule has 4 nitrogen and oxygen atoms in total. The molecule has 2 N–H and O–H groups in total. The van der Waals surface area contributed by atoms with Gasteiger partial charge in [0.25, 0.3) is 0 Å². The van der Waals surface area contributed by atoms with Gasteiger partial charge in [-0.2, -0.15) is 10.5 Å². The van der Waals surface area contributed by atoms with E-state index in [1.54, 1.807) is 0 Å². The first-order valence-corrected chi connectivity index (χ1v) is 6.52. The molecule has 2 rings (SSSR count). The van der Waals surface area contributed by atoms with Crippen LogP contribution in [0.1, 0.15) is 16.7 Å². The Labute approximate surface area is 120 Å². The molecule has 0 spiro atoms. The van der Waals surface area contributed by atoms with E-state index < -0.39 is 11.5 Å². The molecule has 0 fully saturated rings. The lowest BCUT2D eigenvalue weighted by Gasteiger charge is -2.09. The van der Waals surface area contributed by atoms with Crippen molar-refractivity contribution < 1.29 is 10.2 Å². The van der Waals surface area contributed by atoms with E-state index in [1.807, 2.05) is 43.3 Å². The van der Waals surface area contributed by atoms with Crippen molar-refractivity contribution >= 4 is 11.8 Å². The third-order valence-electron chi connectivity index (χ3n) is 2.71. The van der Waals surface area contributed by atoms with Crippen LogP contribution in [0.3, 0.4) is 0 Å². The fourth-order valence-electron chi connectivity index (χ4n) is 1.66. The first kappa shape index (κ1) is 13.8. The zero-order valence-corrected chi connectivity index (χ0v) is 11.4. The number of hydrogen-bond acceptors (Lipinski definition) is 5. The Morgan fingerprint density at radius 2 is 1.70 bits per heavy atom. The number of aromatic hydroxyl groups is 2. The van der Waals surface area contributed by atoms with Gasteiger partial charge in [0.2, 0.25) is 0 Å². The minimum atomic E-state index is -0.499. The second kappa shape index (κ2) is 5.56. The van der Waals surface area contributed by atoms with Crippen LogP contribution < -0.4 is 0 Å². The Morgan fingerprint density at radius 3 is 2.25 bits per heavy atom. The smallest absolute Gasteiger partial charge is 0.176 e. The largest absolute Gasteiger partial charge is 0.504 e. The van der Waals surface area contributed by atoms with Crippen molar-refractivity contribution in [2.24, 2.45) is 0 Å². The summed E-state index contributed by atoms with van der Waals surface area (Å²) in [5.74, 6) is -0.965. The van der Waals surface area contributed by atoms with Gasteiger partial charge in [0.05, 0.1) is 10.5 Å². The molecule has 0 atom stereocenters. The number of phenolic OH excluding ortho intramolecular Hbond substituents is 2. The number of phenols is 2. The molecule has 0 radical (unpaired) electrons. The maximum Gasteiger partial charge on any atom is 0.176 e. The van der Waals surface area contributed by atoms with Gasteiger partial charge < -0.3 is 10.2 Å². The van der Waals surface area contributed by atoms with Crippen LogP contribution in [0, 0.1) is 29.6 Å². The van der Waals surface area contributed by atoms with Crippen molar-refractivity contribution in [3.05, 3.63) is 47.0 Å². The van der Waals surface area contributed by atoms with Gasteiger partial charge in [-0.15, -0.1) is 0 Å². The van der Waals surface area contributed by atoms with E-state index in [2.05, 4.69) is 0 Å². The second-order valence-corrected chi connectivity index (χ2v) is 5.22. The van der Waals surface area contributed by atoms with E-state index >= 15 is 0 Å². The summed E-state index contributed by atoms with van der Waals surface area (Å²) >= 11 is 1.21. The second-order valence-electron chi connectivity index (χ2n) is 4.13. The molecule has 0 aliphatic heterocycles. The lowest BCUT2D eigenvalue weighted by atomic mass is 10.1. The lowest BCUT2D eigenvalue weighted by Crippen LogP contribution is -1.89. The highest BCUT2D eigenvalue weighted by molar-refractivity contribution is 7.99. The molecule has 5 heteroatoms. The van der Waals surface area contributed by atoms with Gasteiger partial charge in [-0.05, 0) is 19.1 Å². The van der Waals surface area contributed by atoms with Crippen molar-refractivity contribution in [3.63, 3.8) is 0 Å². The molecule has 0 heterocycles. The molecule has 0 aliphatic rings. The molecule has 2 aromatic carbocycles. The van der Waals surface area contributed by atoms with E-state index in [4.69, 9.17) is 10.5 Å². The number of aryl methyl sites for hydroxylation is 1. The van der Waals surface area contributed by atoms with Crippen LogP contribution in [0.15, 0.2) is 40.1 Å². The highest BCUT2D eigenvalue weighted by atomic mass is 32.2. The topological polar surface area (TPSA) is 88.0 Å². The number of benzene rings is 2. The molecule has 0 aromatic heterocycles. The molecule has 0 aliphatic carbocycles. The van der Waals surface area contributed by atoms with Gasteiger partial charge in [-0.25, -0.2) is 0 Å². The Balaban J connectivity index is 2.56. The maximum absolute atomic E-state index is 9.73. The summed E-state index contributed by atoms with van der Waals surface area (Å²) in [7, 11) is 0. The molecule has 0 bridgehead atoms. The van der Waals surface area contributed by atoms with Gasteiger partial charge in [0.15, 0.2) is 11.5 Å². The minimum Gasteiger partial charge on any atom is -0.504 e. The van der Waals surface area contributed by atoms with Crippen molar-refractivity contribution in [2.75, 3.05) is 0 Å². The van der Waals surface area contributed by atoms with Crippen LogP contribution >= 0.6 is 11.8 Å². The molecule has 2 aromatic rings. The monoisotopic (exact) mass is 282 g/mol. The quantitative estimate of drug-likeness (QED) is 0.825. The Hall–Kier alpha value is -2.63. The summed E-state index contributed by atoms with van der Waals surface area (Å²) < 4.78 is 0. The fourth-order valence-corrected chi connectivity index (χ4v) is 2.62. The van der Waals surface area contributed by atoms with Crippen LogP contribution in [0.2, 0.25) is 0 Å². The molecule has 0 saturated heterocycles. The Bertz CT molecular complexity index is 740. The molecule has 0 saturated carbocycles. The fraction of sp³-hybridized carbons (Fsp3) is 0.0667. The summed E-state index contributed by atoms with van der Waals surface area (Å²) in [4.78, 5) is 1.18. The number of rotatable bonds is 2. The van der Waals surface area contributed by atoms with Crippen LogP contribution in [-0.2, 0) is 0 Å². The van der Waals surface area contributed by atoms with Crippen molar-refractivity contribution in [2.45, 2.75) is 16.7 Å². The van der Waals surface area contributed by atoms with E-state index in [9.17, 15) is 10.2 Å². The summed E-state index contributed by atoms with van der Waals surface area (Å²) in [5, 5.41) is 37.5. The molecule has 98 valence electrons. The highest BCUT2D eigenvalue weighted by Crippen LogP contribution is 2.41. The lowest BCUT2D eigenvalue weighted by molar-refractivity contribution is 0.401. The molecule has 20 heavy (non-hydrogen) atoms. The van der Waals surface area contributed by atoms with Gasteiger partial charge in [-0.1, -0.05) is 29.5 Å². The van der Waals surface area contributed by atoms with E-state index in [0.717, 1.165) is 16.5 Å². The van der Waals surface area contributed by atoms with Crippen LogP contribution in [0.4, 0.5) is 0 Å². The van der Waals surface area contributed by atoms with Crippen molar-refractivity contribution in [1.29, 1.82) is 10.5 Å². The van der Waals surface area contributed by atoms with Crippen molar-refractivity contribution in [3.8, 4) is 23.6 Å². The zero-order chi connectivity index (χ0) is 14.7. The van der Waals surface area contributed by atoms with Crippen LogP contribution in [-0.4, -0.2) is 10.2 Å². The van der Waals surface area contributed by atoms with Gasteiger partial charge in [0.1, 0.15) is 17.7 Å². The third kappa shape index (κ3) is 2.54. The summed E-state index contributed by atoms with van der Waals surface area (Å²) in [6, 6.07) is 12.5. The predicted molar refractivity (Wildman–Crippen MR) is 74.5 cm³/mol. The third-order valence-corrected chi connectivity index (χ3v) is 3.84. The number of hydrogen-bond donors (Lipinski definition) is 2. The first-order chi connectivity index (χ1) is 9.56. The van der Waals surface area contributed by atoms with Gasteiger partial charge in [-0.3, -0.25) is 0 Å². The van der Waals surface area contributed by atoms with Crippen molar-refractivity contribution in [1.82, 2.24) is 0 Å². The Morgan fingerprint density at radius 1 is 1.05 bits per heavy atom. The van der Waals surface area contributed by atoms with Crippen LogP contribution in [0.5, 0.6) is 11.5 Å². The molecular formula is C15H10N2O2S. The normalized spacial score (nSPS) is 9.75. The summed E-state index contributed by atoms with van der Waals surface area (Å²) in [6.07, 6.45) is 0. The standard InChI is InChI=1S/C15H10N2O2S/c1-9-2-4-11(5-3-9)20-15-10(7-16)6-13(18)14(19)12(15)8-17/h2-6,18-19H,1H3. The Kier molecular flexibility index (Phi) is 3.84. The van der Waals surface area contributed by atoms with Gasteiger partial charge in [0, 0.05) is 11.0 Å². The average Bonchev–Trinajstić information content (AvgIpc) is 2.45.